The summed E-state index contributed by atoms with van der Waals surface area (Å²) in [6.45, 7) is 2.86. The van der Waals surface area contributed by atoms with E-state index in [0.717, 1.165) is 24.1 Å². The molecule has 5 rings (SSSR count). The zero-order valence-electron chi connectivity index (χ0n) is 19.4. The molecule has 1 saturated heterocycles. The lowest BCUT2D eigenvalue weighted by atomic mass is 9.96. The third kappa shape index (κ3) is 4.59. The van der Waals surface area contributed by atoms with Crippen LogP contribution in [0.2, 0.25) is 0 Å². The molecular weight excluding hydrogens is 445 g/mol. The van der Waals surface area contributed by atoms with Crippen LogP contribution in [-0.4, -0.2) is 44.2 Å². The Morgan fingerprint density at radius 1 is 1.03 bits per heavy atom. The number of halogens is 1. The Hall–Kier alpha value is -4.20. The second kappa shape index (κ2) is 9.58. The van der Waals surface area contributed by atoms with Crippen LogP contribution < -0.4 is 5.32 Å². The highest BCUT2D eigenvalue weighted by molar-refractivity contribution is 5.98. The number of benzene rings is 2. The fourth-order valence-electron chi connectivity index (χ4n) is 4.48. The number of piperidine rings is 1. The molecule has 2 aromatic heterocycles. The van der Waals surface area contributed by atoms with E-state index >= 15 is 0 Å². The number of carbonyl (C=O) groups excluding carboxylic acids is 2. The fourth-order valence-corrected chi connectivity index (χ4v) is 4.48. The Bertz CT molecular complexity index is 1340. The first kappa shape index (κ1) is 22.6. The number of likely N-dealkylation sites (tertiary alicyclic amines) is 1. The summed E-state index contributed by atoms with van der Waals surface area (Å²) >= 11 is 0. The third-order valence-corrected chi connectivity index (χ3v) is 6.38. The topological polar surface area (TPSA) is 72.2 Å². The van der Waals surface area contributed by atoms with Gasteiger partial charge < -0.3 is 14.8 Å². The fraction of sp³-hybridized carbons (Fsp3) is 0.222. The number of para-hydroxylation sites is 1. The van der Waals surface area contributed by atoms with Gasteiger partial charge in [0.2, 0.25) is 5.91 Å². The summed E-state index contributed by atoms with van der Waals surface area (Å²) in [6, 6.07) is 17.3. The average molecular weight is 472 g/mol. The van der Waals surface area contributed by atoms with Crippen LogP contribution in [0.1, 0.15) is 28.8 Å². The van der Waals surface area contributed by atoms with Gasteiger partial charge in [-0.3, -0.25) is 9.59 Å². The third-order valence-electron chi connectivity index (χ3n) is 6.38. The van der Waals surface area contributed by atoms with Crippen molar-refractivity contribution in [2.24, 2.45) is 5.92 Å². The molecule has 1 atom stereocenters. The van der Waals surface area contributed by atoms with E-state index in [0.29, 0.717) is 30.2 Å². The highest BCUT2D eigenvalue weighted by Crippen LogP contribution is 2.25. The molecule has 0 bridgehead atoms. The van der Waals surface area contributed by atoms with Crippen molar-refractivity contribution in [3.05, 3.63) is 96.2 Å². The van der Waals surface area contributed by atoms with E-state index < -0.39 is 0 Å². The minimum absolute atomic E-state index is 0.0792. The first-order valence-corrected chi connectivity index (χ1v) is 11.6. The molecule has 1 N–H and O–H groups in total. The maximum atomic E-state index is 13.7. The lowest BCUT2D eigenvalue weighted by molar-refractivity contribution is -0.121. The van der Waals surface area contributed by atoms with Gasteiger partial charge in [0.15, 0.2) is 5.82 Å². The monoisotopic (exact) mass is 471 g/mol. The molecule has 4 aromatic rings. The molecule has 35 heavy (non-hydrogen) atoms. The molecule has 7 nitrogen and oxygen atoms in total. The first-order chi connectivity index (χ1) is 17.0. The summed E-state index contributed by atoms with van der Waals surface area (Å²) in [5.41, 5.74) is 2.85. The minimum atomic E-state index is -0.344. The van der Waals surface area contributed by atoms with Crippen LogP contribution >= 0.6 is 0 Å². The molecule has 1 unspecified atom stereocenters. The summed E-state index contributed by atoms with van der Waals surface area (Å²) in [5.74, 6) is -0.337. The molecule has 0 saturated carbocycles. The molecule has 8 heteroatoms. The molecule has 1 aliphatic rings. The zero-order valence-corrected chi connectivity index (χ0v) is 19.4. The van der Waals surface area contributed by atoms with Gasteiger partial charge in [-0.1, -0.05) is 18.2 Å². The molecule has 1 fully saturated rings. The molecule has 178 valence electrons. The van der Waals surface area contributed by atoms with Crippen LogP contribution in [0, 0.1) is 18.7 Å². The quantitative estimate of drug-likeness (QED) is 0.462. The molecule has 1 aliphatic heterocycles. The molecular formula is C27H26FN5O2. The van der Waals surface area contributed by atoms with Gasteiger partial charge in [-0.15, -0.1) is 0 Å². The summed E-state index contributed by atoms with van der Waals surface area (Å²) in [6.07, 6.45) is 6.67. The van der Waals surface area contributed by atoms with Crippen molar-refractivity contribution in [2.45, 2.75) is 19.8 Å². The van der Waals surface area contributed by atoms with Crippen LogP contribution in [-0.2, 0) is 4.79 Å². The van der Waals surface area contributed by atoms with Crippen molar-refractivity contribution in [3.8, 4) is 11.5 Å². The largest absolute Gasteiger partial charge is 0.338 e. The summed E-state index contributed by atoms with van der Waals surface area (Å²) in [5, 5.41) is 7.47. The lowest BCUT2D eigenvalue weighted by Crippen LogP contribution is -2.44. The van der Waals surface area contributed by atoms with Crippen LogP contribution in [0.5, 0.6) is 0 Å². The Morgan fingerprint density at radius 3 is 2.51 bits per heavy atom. The van der Waals surface area contributed by atoms with Crippen LogP contribution in [0.25, 0.3) is 11.5 Å². The second-order valence-corrected chi connectivity index (χ2v) is 8.75. The normalized spacial score (nSPS) is 15.7. The number of nitrogens with one attached hydrogen (secondary N) is 1. The highest BCUT2D eigenvalue weighted by Gasteiger charge is 2.31. The van der Waals surface area contributed by atoms with E-state index in [1.807, 2.05) is 60.3 Å². The maximum Gasteiger partial charge on any atom is 0.259 e. The Balaban J connectivity index is 1.40. The molecule has 0 aliphatic carbocycles. The van der Waals surface area contributed by atoms with Crippen molar-refractivity contribution in [3.63, 3.8) is 0 Å². The van der Waals surface area contributed by atoms with Crippen molar-refractivity contribution < 1.29 is 14.0 Å². The molecule has 3 heterocycles. The number of aryl methyl sites for hydroxylation is 1. The predicted molar refractivity (Wildman–Crippen MR) is 131 cm³/mol. The first-order valence-electron chi connectivity index (χ1n) is 11.6. The number of amides is 2. The minimum Gasteiger partial charge on any atom is -0.338 e. The van der Waals surface area contributed by atoms with Crippen molar-refractivity contribution in [1.29, 1.82) is 0 Å². The number of anilines is 1. The Morgan fingerprint density at radius 2 is 1.77 bits per heavy atom. The number of rotatable bonds is 5. The van der Waals surface area contributed by atoms with E-state index in [1.165, 1.54) is 18.3 Å². The highest BCUT2D eigenvalue weighted by atomic mass is 19.1. The zero-order chi connectivity index (χ0) is 24.4. The van der Waals surface area contributed by atoms with E-state index in [1.54, 1.807) is 21.7 Å². The van der Waals surface area contributed by atoms with E-state index in [4.69, 9.17) is 0 Å². The summed E-state index contributed by atoms with van der Waals surface area (Å²) in [7, 11) is 0. The van der Waals surface area contributed by atoms with Gasteiger partial charge >= 0.3 is 0 Å². The number of carbonyl (C=O) groups is 2. The lowest BCUT2D eigenvalue weighted by Gasteiger charge is -2.32. The van der Waals surface area contributed by atoms with Gasteiger partial charge in [0, 0.05) is 31.2 Å². The van der Waals surface area contributed by atoms with E-state index in [9.17, 15) is 14.0 Å². The average Bonchev–Trinajstić information content (AvgIpc) is 3.55. The SMILES string of the molecule is Cc1ccccc1NC(=O)C1CCCN(C(=O)c2cnn(-c3ccc(F)cc3)c2-n2cccc2)C1. The van der Waals surface area contributed by atoms with Gasteiger partial charge in [-0.25, -0.2) is 9.07 Å². The molecule has 2 aromatic carbocycles. The van der Waals surface area contributed by atoms with Crippen molar-refractivity contribution >= 4 is 17.5 Å². The van der Waals surface area contributed by atoms with Gasteiger partial charge in [0.05, 0.1) is 17.8 Å². The van der Waals surface area contributed by atoms with Crippen molar-refractivity contribution in [2.75, 3.05) is 18.4 Å². The van der Waals surface area contributed by atoms with Gasteiger partial charge in [0.25, 0.3) is 5.91 Å². The van der Waals surface area contributed by atoms with E-state index in [-0.39, 0.29) is 23.5 Å². The second-order valence-electron chi connectivity index (χ2n) is 8.75. The number of hydrogen-bond acceptors (Lipinski definition) is 3. The van der Waals surface area contributed by atoms with Crippen LogP contribution in [0.4, 0.5) is 10.1 Å². The molecule has 0 spiro atoms. The van der Waals surface area contributed by atoms with Gasteiger partial charge in [0.1, 0.15) is 11.4 Å². The van der Waals surface area contributed by atoms with Gasteiger partial charge in [-0.2, -0.15) is 5.10 Å². The van der Waals surface area contributed by atoms with Crippen LogP contribution in [0.3, 0.4) is 0 Å². The molecule has 0 radical (unpaired) electrons. The van der Waals surface area contributed by atoms with Crippen LogP contribution in [0.15, 0.2) is 79.3 Å². The smallest absolute Gasteiger partial charge is 0.259 e. The predicted octanol–water partition coefficient (Wildman–Crippen LogP) is 4.60. The summed E-state index contributed by atoms with van der Waals surface area (Å²) < 4.78 is 16.9. The van der Waals surface area contributed by atoms with Crippen molar-refractivity contribution in [1.82, 2.24) is 19.2 Å². The maximum absolute atomic E-state index is 13.7. The number of hydrogen-bond donors (Lipinski definition) is 1. The standard InChI is InChI=1S/C27H26FN5O2/c1-19-7-2-3-9-24(19)30-25(34)20-8-6-16-32(18-20)27(35)23-17-29-33(22-12-10-21(28)11-13-22)26(23)31-14-4-5-15-31/h2-5,7,9-15,17,20H,6,8,16,18H2,1H3,(H,30,34). The number of nitrogens with zero attached hydrogens (tertiary/aromatic N) is 4. The Kier molecular flexibility index (Phi) is 6.18. The Labute approximate surface area is 202 Å². The van der Waals surface area contributed by atoms with Gasteiger partial charge in [-0.05, 0) is 67.8 Å². The number of aromatic nitrogens is 3. The van der Waals surface area contributed by atoms with E-state index in [2.05, 4.69) is 10.4 Å². The molecule has 2 amide bonds. The summed E-state index contributed by atoms with van der Waals surface area (Å²) in [4.78, 5) is 28.4.